The van der Waals surface area contributed by atoms with Gasteiger partial charge in [-0.1, -0.05) is 13.8 Å². The van der Waals surface area contributed by atoms with Crippen LogP contribution in [0.4, 0.5) is 0 Å². The summed E-state index contributed by atoms with van der Waals surface area (Å²) < 4.78 is 2.51. The van der Waals surface area contributed by atoms with Crippen molar-refractivity contribution in [3.05, 3.63) is 23.0 Å². The molecular formula is C16H29N3. The van der Waals surface area contributed by atoms with E-state index in [2.05, 4.69) is 50.4 Å². The minimum absolute atomic E-state index is 0.251. The number of nitrogens with zero attached hydrogens (tertiary/aromatic N) is 2. The van der Waals surface area contributed by atoms with Gasteiger partial charge in [-0.15, -0.1) is 0 Å². The molecule has 1 aliphatic carbocycles. The van der Waals surface area contributed by atoms with E-state index in [0.717, 1.165) is 19.5 Å². The van der Waals surface area contributed by atoms with E-state index in [9.17, 15) is 0 Å². The molecule has 0 bridgehead atoms. The predicted molar refractivity (Wildman–Crippen MR) is 81.4 cm³/mol. The highest BCUT2D eigenvalue weighted by atomic mass is 15.1. The van der Waals surface area contributed by atoms with Gasteiger partial charge < -0.3 is 15.2 Å². The Morgan fingerprint density at radius 2 is 2.11 bits per heavy atom. The van der Waals surface area contributed by atoms with Gasteiger partial charge in [0.25, 0.3) is 0 Å². The molecule has 0 amide bonds. The molecule has 2 N–H and O–H groups in total. The first-order chi connectivity index (χ1) is 8.80. The Hall–Kier alpha value is -0.800. The summed E-state index contributed by atoms with van der Waals surface area (Å²) in [5.41, 5.74) is 10.8. The van der Waals surface area contributed by atoms with Crippen molar-refractivity contribution in [2.45, 2.75) is 52.6 Å². The van der Waals surface area contributed by atoms with Gasteiger partial charge in [0.05, 0.1) is 0 Å². The van der Waals surface area contributed by atoms with E-state index in [1.165, 1.54) is 29.8 Å². The number of hydrogen-bond donors (Lipinski definition) is 1. The molecule has 3 nitrogen and oxygen atoms in total. The van der Waals surface area contributed by atoms with Crippen molar-refractivity contribution in [1.82, 2.24) is 9.47 Å². The van der Waals surface area contributed by atoms with Crippen LogP contribution in [0.25, 0.3) is 0 Å². The van der Waals surface area contributed by atoms with Crippen molar-refractivity contribution in [2.75, 3.05) is 20.6 Å². The fourth-order valence-electron chi connectivity index (χ4n) is 3.55. The fourth-order valence-corrected chi connectivity index (χ4v) is 3.55. The second-order valence-corrected chi connectivity index (χ2v) is 7.17. The van der Waals surface area contributed by atoms with Crippen LogP contribution >= 0.6 is 0 Å². The molecule has 2 rings (SSSR count). The maximum Gasteiger partial charge on any atom is 0.0313 e. The summed E-state index contributed by atoms with van der Waals surface area (Å²) in [7, 11) is 4.30. The van der Waals surface area contributed by atoms with Crippen LogP contribution in [-0.4, -0.2) is 30.1 Å². The van der Waals surface area contributed by atoms with Crippen LogP contribution in [0.3, 0.4) is 0 Å². The van der Waals surface area contributed by atoms with Crippen molar-refractivity contribution in [1.29, 1.82) is 0 Å². The molecule has 0 aromatic carbocycles. The Morgan fingerprint density at radius 1 is 1.42 bits per heavy atom. The van der Waals surface area contributed by atoms with Crippen molar-refractivity contribution >= 4 is 0 Å². The van der Waals surface area contributed by atoms with Gasteiger partial charge in [0.2, 0.25) is 0 Å². The van der Waals surface area contributed by atoms with E-state index < -0.39 is 0 Å². The first-order valence-corrected chi connectivity index (χ1v) is 7.39. The maximum atomic E-state index is 6.25. The molecule has 0 saturated heterocycles. The Balaban J connectivity index is 2.26. The molecule has 1 heterocycles. The smallest absolute Gasteiger partial charge is 0.0313 e. The van der Waals surface area contributed by atoms with E-state index in [4.69, 9.17) is 5.73 Å². The fraction of sp³-hybridized carbons (Fsp3) is 0.750. The van der Waals surface area contributed by atoms with Gasteiger partial charge in [0.15, 0.2) is 0 Å². The Labute approximate surface area is 117 Å². The summed E-state index contributed by atoms with van der Waals surface area (Å²) in [5, 5.41) is 0. The highest BCUT2D eigenvalue weighted by molar-refractivity contribution is 5.32. The Bertz CT molecular complexity index is 443. The average molecular weight is 263 g/mol. The third-order valence-electron chi connectivity index (χ3n) is 4.11. The summed E-state index contributed by atoms with van der Waals surface area (Å²) in [6.07, 6.45) is 3.55. The Morgan fingerprint density at radius 3 is 2.74 bits per heavy atom. The largest absolute Gasteiger partial charge is 0.348 e. The molecular weight excluding hydrogens is 234 g/mol. The van der Waals surface area contributed by atoms with E-state index in [0.29, 0.717) is 0 Å². The van der Waals surface area contributed by atoms with E-state index in [-0.39, 0.29) is 11.5 Å². The molecule has 3 heteroatoms. The van der Waals surface area contributed by atoms with Crippen LogP contribution < -0.4 is 5.73 Å². The van der Waals surface area contributed by atoms with Gasteiger partial charge in [-0.25, -0.2) is 0 Å². The van der Waals surface area contributed by atoms with Gasteiger partial charge in [0.1, 0.15) is 0 Å². The minimum atomic E-state index is 0.251. The first kappa shape index (κ1) is 14.6. The molecule has 0 saturated carbocycles. The molecule has 1 aliphatic rings. The van der Waals surface area contributed by atoms with E-state index >= 15 is 0 Å². The zero-order valence-electron chi connectivity index (χ0n) is 13.2. The number of aryl methyl sites for hydroxylation is 1. The topological polar surface area (TPSA) is 34.2 Å². The molecule has 1 aromatic heterocycles. The van der Waals surface area contributed by atoms with E-state index in [1.807, 2.05) is 0 Å². The number of fused-ring (bicyclic) bond motifs is 1. The van der Waals surface area contributed by atoms with Gasteiger partial charge in [-0.05, 0) is 57.3 Å². The summed E-state index contributed by atoms with van der Waals surface area (Å²) in [5.74, 6) is 0. The van der Waals surface area contributed by atoms with Crippen LogP contribution in [0.2, 0.25) is 0 Å². The summed E-state index contributed by atoms with van der Waals surface area (Å²) in [4.78, 5) is 2.27. The van der Waals surface area contributed by atoms with Gasteiger partial charge in [-0.3, -0.25) is 0 Å². The molecule has 1 atom stereocenters. The molecule has 1 aromatic rings. The lowest BCUT2D eigenvalue weighted by Crippen LogP contribution is -2.33. The molecule has 19 heavy (non-hydrogen) atoms. The van der Waals surface area contributed by atoms with E-state index in [1.54, 1.807) is 0 Å². The number of aromatic nitrogens is 1. The first-order valence-electron chi connectivity index (χ1n) is 7.39. The van der Waals surface area contributed by atoms with Crippen molar-refractivity contribution in [2.24, 2.45) is 11.1 Å². The normalized spacial score (nSPS) is 19.8. The molecule has 0 radical (unpaired) electrons. The number of rotatable bonds is 4. The Kier molecular flexibility index (Phi) is 4.07. The lowest BCUT2D eigenvalue weighted by atomic mass is 9.91. The zero-order chi connectivity index (χ0) is 14.2. The van der Waals surface area contributed by atoms with Crippen molar-refractivity contribution in [3.8, 4) is 0 Å². The molecule has 0 aliphatic heterocycles. The standard InChI is InChI=1S/C16H29N3/c1-12-9-13-14(17)7-6-8-15(13)19(12)11-16(2,3)10-18(4)5/h9,14H,6-8,10-11,17H2,1-5H3. The van der Waals surface area contributed by atoms with Gasteiger partial charge in [-0.2, -0.15) is 0 Å². The highest BCUT2D eigenvalue weighted by Crippen LogP contribution is 2.32. The number of hydrogen-bond acceptors (Lipinski definition) is 2. The third kappa shape index (κ3) is 3.21. The van der Waals surface area contributed by atoms with Crippen LogP contribution in [0.5, 0.6) is 0 Å². The van der Waals surface area contributed by atoms with Gasteiger partial charge in [0, 0.05) is 30.5 Å². The van der Waals surface area contributed by atoms with Crippen LogP contribution in [-0.2, 0) is 13.0 Å². The summed E-state index contributed by atoms with van der Waals surface area (Å²) in [6.45, 7) is 9.10. The zero-order valence-corrected chi connectivity index (χ0v) is 13.2. The molecule has 0 fully saturated rings. The van der Waals surface area contributed by atoms with Crippen LogP contribution in [0.15, 0.2) is 6.07 Å². The van der Waals surface area contributed by atoms with Crippen molar-refractivity contribution < 1.29 is 0 Å². The third-order valence-corrected chi connectivity index (χ3v) is 4.11. The average Bonchev–Trinajstić information content (AvgIpc) is 2.56. The minimum Gasteiger partial charge on any atom is -0.348 e. The molecule has 108 valence electrons. The second kappa shape index (κ2) is 5.29. The molecule has 0 spiro atoms. The SMILES string of the molecule is Cc1cc2c(n1CC(C)(C)CN(C)C)CCCC2N. The van der Waals surface area contributed by atoms with Gasteiger partial charge >= 0.3 is 0 Å². The van der Waals surface area contributed by atoms with Crippen molar-refractivity contribution in [3.63, 3.8) is 0 Å². The quantitative estimate of drug-likeness (QED) is 0.906. The van der Waals surface area contributed by atoms with Crippen LogP contribution in [0.1, 0.15) is 49.7 Å². The monoisotopic (exact) mass is 263 g/mol. The highest BCUT2D eigenvalue weighted by Gasteiger charge is 2.26. The molecule has 1 unspecified atom stereocenters. The maximum absolute atomic E-state index is 6.25. The summed E-state index contributed by atoms with van der Waals surface area (Å²) in [6, 6.07) is 2.56. The summed E-state index contributed by atoms with van der Waals surface area (Å²) >= 11 is 0. The second-order valence-electron chi connectivity index (χ2n) is 7.17. The van der Waals surface area contributed by atoms with Crippen LogP contribution in [0, 0.1) is 12.3 Å². The number of nitrogens with two attached hydrogens (primary N) is 1. The lowest BCUT2D eigenvalue weighted by molar-refractivity contribution is 0.208. The lowest BCUT2D eigenvalue weighted by Gasteiger charge is -2.31. The predicted octanol–water partition coefficient (Wildman–Crippen LogP) is 2.72.